The Morgan fingerprint density at radius 1 is 1.07 bits per heavy atom. The Morgan fingerprint density at radius 2 is 1.67 bits per heavy atom. The molecule has 3 unspecified atom stereocenters. The minimum absolute atomic E-state index is 0.0415. The molecule has 0 aliphatic heterocycles. The second-order valence-corrected chi connectivity index (χ2v) is 8.37. The Kier molecular flexibility index (Phi) is 11.2. The third-order valence-corrected chi connectivity index (χ3v) is 5.56. The molecule has 0 radical (unpaired) electrons. The van der Waals surface area contributed by atoms with Crippen LogP contribution >= 0.6 is 0 Å². The van der Waals surface area contributed by atoms with Gasteiger partial charge in [0.2, 0.25) is 0 Å². The molecule has 3 atom stereocenters. The maximum atomic E-state index is 12.5. The normalized spacial score (nSPS) is 22.3. The number of ether oxygens (including phenoxy) is 2. The molecule has 0 saturated heterocycles. The van der Waals surface area contributed by atoms with E-state index in [1.54, 1.807) is 6.08 Å². The van der Waals surface area contributed by atoms with E-state index in [1.807, 2.05) is 6.92 Å². The van der Waals surface area contributed by atoms with Crippen LogP contribution in [0, 0.1) is 11.8 Å². The average Bonchev–Trinajstić information content (AvgIpc) is 2.69. The summed E-state index contributed by atoms with van der Waals surface area (Å²) in [6, 6.07) is 0. The smallest absolute Gasteiger partial charge is 0.407 e. The quantitative estimate of drug-likeness (QED) is 0.450. The summed E-state index contributed by atoms with van der Waals surface area (Å²) in [7, 11) is 2.99. The molecule has 1 aliphatic carbocycles. The zero-order valence-corrected chi connectivity index (χ0v) is 19.7. The van der Waals surface area contributed by atoms with E-state index in [2.05, 4.69) is 51.2 Å². The van der Waals surface area contributed by atoms with Gasteiger partial charge in [0, 0.05) is 25.0 Å². The fourth-order valence-corrected chi connectivity index (χ4v) is 3.55. The number of alkyl carbamates (subject to hydrolysis) is 1. The van der Waals surface area contributed by atoms with E-state index in [9.17, 15) is 9.59 Å². The summed E-state index contributed by atoms with van der Waals surface area (Å²) in [5, 5.41) is 2.47. The van der Waals surface area contributed by atoms with Gasteiger partial charge in [0.25, 0.3) is 0 Å². The molecular formula is C25H39NO4. The molecule has 1 rings (SSSR count). The molecule has 1 N–H and O–H groups in total. The van der Waals surface area contributed by atoms with E-state index in [-0.39, 0.29) is 23.4 Å². The predicted molar refractivity (Wildman–Crippen MR) is 122 cm³/mol. The van der Waals surface area contributed by atoms with E-state index in [1.165, 1.54) is 30.9 Å². The lowest BCUT2D eigenvalue weighted by atomic mass is 9.78. The number of carbonyl (C=O) groups is 2. The third kappa shape index (κ3) is 8.60. The van der Waals surface area contributed by atoms with Crippen LogP contribution in [0.25, 0.3) is 0 Å². The molecule has 0 aromatic heterocycles. The number of rotatable bonds is 10. The minimum atomic E-state index is -0.507. The Morgan fingerprint density at radius 3 is 2.23 bits per heavy atom. The largest absolute Gasteiger partial charge is 0.493 e. The van der Waals surface area contributed by atoms with E-state index in [0.717, 1.165) is 25.7 Å². The van der Waals surface area contributed by atoms with Crippen LogP contribution in [0.4, 0.5) is 4.79 Å². The lowest BCUT2D eigenvalue weighted by Crippen LogP contribution is -2.40. The van der Waals surface area contributed by atoms with Crippen molar-refractivity contribution >= 4 is 11.9 Å². The number of allylic oxidation sites excluding steroid dienone is 7. The van der Waals surface area contributed by atoms with Crippen LogP contribution in [0.1, 0.15) is 66.7 Å². The summed E-state index contributed by atoms with van der Waals surface area (Å²) < 4.78 is 10.7. The molecule has 0 aromatic rings. The van der Waals surface area contributed by atoms with E-state index in [0.29, 0.717) is 6.42 Å². The highest BCUT2D eigenvalue weighted by Crippen LogP contribution is 2.32. The third-order valence-electron chi connectivity index (χ3n) is 5.56. The standard InChI is InChI=1S/C25H39NO4/c1-17(2)10-8-11-18(3)12-9-13-19(4)14-15-21-20(5)24(27)23(29-7)16-22(21)30-25(28)26-6/h10,12,14,16,20-22H,8-9,11,13,15H2,1-7H3,(H,26,28)/b18-12+,19-14+. The molecule has 5 heteroatoms. The topological polar surface area (TPSA) is 64.6 Å². The van der Waals surface area contributed by atoms with Crippen LogP contribution in [0.2, 0.25) is 0 Å². The molecular weight excluding hydrogens is 378 g/mol. The van der Waals surface area contributed by atoms with Gasteiger partial charge in [0.15, 0.2) is 11.5 Å². The van der Waals surface area contributed by atoms with Crippen LogP contribution in [-0.4, -0.2) is 32.1 Å². The number of nitrogens with one attached hydrogen (secondary N) is 1. The molecule has 0 bridgehead atoms. The Hall–Kier alpha value is -2.30. The van der Waals surface area contributed by atoms with Gasteiger partial charge in [0.1, 0.15) is 6.10 Å². The molecule has 0 fully saturated rings. The fourth-order valence-electron chi connectivity index (χ4n) is 3.55. The second kappa shape index (κ2) is 13.1. The van der Waals surface area contributed by atoms with Gasteiger partial charge < -0.3 is 14.8 Å². The summed E-state index contributed by atoms with van der Waals surface area (Å²) >= 11 is 0. The molecule has 0 saturated carbocycles. The van der Waals surface area contributed by atoms with E-state index >= 15 is 0 Å². The number of hydrogen-bond acceptors (Lipinski definition) is 4. The number of hydrogen-bond donors (Lipinski definition) is 1. The summed E-state index contributed by atoms with van der Waals surface area (Å²) in [6.45, 7) is 10.4. The SMILES string of the molecule is CNC(=O)OC1C=C(OC)C(=O)C(C)C1C/C=C(\C)CC/C=C(\C)CCC=C(C)C. The highest BCUT2D eigenvalue weighted by atomic mass is 16.6. The van der Waals surface area contributed by atoms with Gasteiger partial charge in [-0.25, -0.2) is 4.79 Å². The summed E-state index contributed by atoms with van der Waals surface area (Å²) in [5.74, 6) is -0.159. The first kappa shape index (κ1) is 25.7. The minimum Gasteiger partial charge on any atom is -0.493 e. The van der Waals surface area contributed by atoms with Crippen LogP contribution in [0.5, 0.6) is 0 Å². The Bertz CT molecular complexity index is 711. The summed E-state index contributed by atoms with van der Waals surface area (Å²) in [5.41, 5.74) is 4.06. The number of ketones is 1. The van der Waals surface area contributed by atoms with Gasteiger partial charge in [-0.2, -0.15) is 0 Å². The van der Waals surface area contributed by atoms with Crippen LogP contribution < -0.4 is 5.32 Å². The highest BCUT2D eigenvalue weighted by Gasteiger charge is 2.38. The van der Waals surface area contributed by atoms with Crippen molar-refractivity contribution in [2.24, 2.45) is 11.8 Å². The lowest BCUT2D eigenvalue weighted by Gasteiger charge is -2.32. The molecule has 0 aromatic carbocycles. The number of amides is 1. The van der Waals surface area contributed by atoms with Gasteiger partial charge in [-0.3, -0.25) is 4.79 Å². The highest BCUT2D eigenvalue weighted by molar-refractivity contribution is 5.96. The van der Waals surface area contributed by atoms with Gasteiger partial charge in [-0.05, 0) is 59.8 Å². The van der Waals surface area contributed by atoms with Crippen molar-refractivity contribution in [3.8, 4) is 0 Å². The van der Waals surface area contributed by atoms with Gasteiger partial charge in [-0.15, -0.1) is 0 Å². The molecule has 168 valence electrons. The Labute approximate surface area is 182 Å². The summed E-state index contributed by atoms with van der Waals surface area (Å²) in [4.78, 5) is 24.3. The molecule has 5 nitrogen and oxygen atoms in total. The van der Waals surface area contributed by atoms with Crippen molar-refractivity contribution in [1.29, 1.82) is 0 Å². The summed E-state index contributed by atoms with van der Waals surface area (Å²) in [6.07, 6.45) is 12.3. The number of carbonyl (C=O) groups excluding carboxylic acids is 2. The number of Topliss-reactive ketones (excluding diaryl/α,β-unsaturated/α-hetero) is 1. The molecule has 1 aliphatic rings. The first-order valence-corrected chi connectivity index (χ1v) is 10.8. The molecule has 0 spiro atoms. The van der Waals surface area contributed by atoms with Gasteiger partial charge in [-0.1, -0.05) is 41.9 Å². The van der Waals surface area contributed by atoms with Crippen LogP contribution in [-0.2, 0) is 14.3 Å². The maximum absolute atomic E-state index is 12.5. The zero-order chi connectivity index (χ0) is 22.7. The fraction of sp³-hybridized carbons (Fsp3) is 0.600. The first-order valence-electron chi connectivity index (χ1n) is 10.8. The van der Waals surface area contributed by atoms with Crippen molar-refractivity contribution in [3.05, 3.63) is 46.8 Å². The zero-order valence-electron chi connectivity index (χ0n) is 19.7. The van der Waals surface area contributed by atoms with E-state index in [4.69, 9.17) is 9.47 Å². The lowest BCUT2D eigenvalue weighted by molar-refractivity contribution is -0.126. The van der Waals surface area contributed by atoms with E-state index < -0.39 is 12.2 Å². The van der Waals surface area contributed by atoms with Crippen molar-refractivity contribution in [2.45, 2.75) is 72.8 Å². The molecule has 1 amide bonds. The maximum Gasteiger partial charge on any atom is 0.407 e. The van der Waals surface area contributed by atoms with Crippen LogP contribution in [0.3, 0.4) is 0 Å². The molecule has 0 heterocycles. The second-order valence-electron chi connectivity index (χ2n) is 8.37. The van der Waals surface area contributed by atoms with Crippen molar-refractivity contribution in [1.82, 2.24) is 5.32 Å². The van der Waals surface area contributed by atoms with Gasteiger partial charge >= 0.3 is 6.09 Å². The average molecular weight is 418 g/mol. The monoisotopic (exact) mass is 417 g/mol. The molecule has 30 heavy (non-hydrogen) atoms. The van der Waals surface area contributed by atoms with Crippen molar-refractivity contribution in [2.75, 3.05) is 14.2 Å². The van der Waals surface area contributed by atoms with Gasteiger partial charge in [0.05, 0.1) is 7.11 Å². The van der Waals surface area contributed by atoms with Crippen LogP contribution in [0.15, 0.2) is 46.8 Å². The van der Waals surface area contributed by atoms with Crippen molar-refractivity contribution < 1.29 is 19.1 Å². The van der Waals surface area contributed by atoms with Crippen molar-refractivity contribution in [3.63, 3.8) is 0 Å². The number of methoxy groups -OCH3 is 1. The predicted octanol–water partition coefficient (Wildman–Crippen LogP) is 5.89. The first-order chi connectivity index (χ1) is 14.2. The Balaban J connectivity index is 2.71.